The average Bonchev–Trinajstić information content (AvgIpc) is 2.77. The van der Waals surface area contributed by atoms with Crippen molar-refractivity contribution in [3.63, 3.8) is 0 Å². The third-order valence-electron chi connectivity index (χ3n) is 5.09. The van der Waals surface area contributed by atoms with Crippen LogP contribution in [0.15, 0.2) is 36.5 Å². The Bertz CT molecular complexity index is 1020. The Hall–Kier alpha value is -2.42. The maximum absolute atomic E-state index is 5.79. The lowest BCUT2D eigenvalue weighted by Gasteiger charge is -2.16. The molecule has 0 saturated heterocycles. The highest BCUT2D eigenvalue weighted by atomic mass is 127. The lowest BCUT2D eigenvalue weighted by atomic mass is 10.0. The zero-order valence-electron chi connectivity index (χ0n) is 18.2. The molecule has 0 unspecified atom stereocenters. The van der Waals surface area contributed by atoms with Gasteiger partial charge in [0, 0.05) is 11.5 Å². The SMILES string of the molecule is CC[n+]1ccc2cc(OC)c(OC)c(OC)c2c1Cc1ccc(OC)c(OC)c1.[I-]. The fraction of sp³-hybridized carbons (Fsp3) is 0.348. The van der Waals surface area contributed by atoms with Gasteiger partial charge in [-0.25, -0.2) is 4.57 Å². The van der Waals surface area contributed by atoms with E-state index in [-0.39, 0.29) is 24.0 Å². The molecule has 0 fully saturated rings. The number of pyridine rings is 1. The summed E-state index contributed by atoms with van der Waals surface area (Å²) >= 11 is 0. The van der Waals surface area contributed by atoms with E-state index in [0.29, 0.717) is 35.2 Å². The summed E-state index contributed by atoms with van der Waals surface area (Å²) in [5.74, 6) is 3.31. The van der Waals surface area contributed by atoms with Crippen molar-refractivity contribution >= 4 is 10.8 Å². The minimum Gasteiger partial charge on any atom is -1.00 e. The standard InChI is InChI=1S/C23H28NO5.HI/c1-7-24-11-10-16-14-20(27-4)22(28-5)23(29-6)21(16)17(24)12-15-8-9-18(25-2)19(13-15)26-3;/h8-11,13-14H,7,12H2,1-6H3;1H/q+1;/p-1. The van der Waals surface area contributed by atoms with Gasteiger partial charge in [0.1, 0.15) is 6.54 Å². The topological polar surface area (TPSA) is 50.0 Å². The van der Waals surface area contributed by atoms with Crippen LogP contribution in [-0.4, -0.2) is 35.5 Å². The molecule has 3 rings (SSSR count). The van der Waals surface area contributed by atoms with Crippen molar-refractivity contribution in [3.05, 3.63) is 47.8 Å². The summed E-state index contributed by atoms with van der Waals surface area (Å²) in [6.07, 6.45) is 2.78. The highest BCUT2D eigenvalue weighted by molar-refractivity contribution is 5.94. The molecule has 0 aliphatic heterocycles. The van der Waals surface area contributed by atoms with Gasteiger partial charge in [0.25, 0.3) is 0 Å². The third-order valence-corrected chi connectivity index (χ3v) is 5.09. The van der Waals surface area contributed by atoms with Gasteiger partial charge in [0.05, 0.1) is 47.4 Å². The maximum Gasteiger partial charge on any atom is 0.204 e. The second-order valence-corrected chi connectivity index (χ2v) is 6.52. The highest BCUT2D eigenvalue weighted by Gasteiger charge is 2.24. The van der Waals surface area contributed by atoms with Crippen molar-refractivity contribution < 1.29 is 52.2 Å². The summed E-state index contributed by atoms with van der Waals surface area (Å²) in [5.41, 5.74) is 2.23. The van der Waals surface area contributed by atoms with Gasteiger partial charge < -0.3 is 47.7 Å². The van der Waals surface area contributed by atoms with Gasteiger partial charge in [-0.15, -0.1) is 0 Å². The monoisotopic (exact) mass is 525 g/mol. The van der Waals surface area contributed by atoms with Gasteiger partial charge in [0.2, 0.25) is 5.75 Å². The molecule has 0 bridgehead atoms. The van der Waals surface area contributed by atoms with Crippen LogP contribution in [0.5, 0.6) is 28.7 Å². The Morgan fingerprint density at radius 1 is 0.733 bits per heavy atom. The van der Waals surface area contributed by atoms with Crippen LogP contribution in [0.3, 0.4) is 0 Å². The summed E-state index contributed by atoms with van der Waals surface area (Å²) in [7, 11) is 8.18. The average molecular weight is 525 g/mol. The first-order valence-corrected chi connectivity index (χ1v) is 9.46. The Labute approximate surface area is 194 Å². The minimum absolute atomic E-state index is 0. The minimum atomic E-state index is 0. The number of benzene rings is 2. The number of hydrogen-bond donors (Lipinski definition) is 0. The van der Waals surface area contributed by atoms with Crippen LogP contribution in [0.4, 0.5) is 0 Å². The zero-order chi connectivity index (χ0) is 21.0. The molecule has 0 spiro atoms. The summed E-state index contributed by atoms with van der Waals surface area (Å²) in [6.45, 7) is 2.95. The number of aromatic nitrogens is 1. The van der Waals surface area contributed by atoms with E-state index in [4.69, 9.17) is 23.7 Å². The number of halogens is 1. The van der Waals surface area contributed by atoms with E-state index in [9.17, 15) is 0 Å². The molecule has 2 aromatic carbocycles. The number of ether oxygens (including phenoxy) is 5. The van der Waals surface area contributed by atoms with E-state index in [1.165, 1.54) is 0 Å². The molecule has 6 nitrogen and oxygen atoms in total. The van der Waals surface area contributed by atoms with Gasteiger partial charge in [-0.3, -0.25) is 0 Å². The van der Waals surface area contributed by atoms with Crippen LogP contribution in [0.25, 0.3) is 10.8 Å². The van der Waals surface area contributed by atoms with Gasteiger partial charge in [-0.2, -0.15) is 0 Å². The lowest BCUT2D eigenvalue weighted by Crippen LogP contribution is -3.00. The molecule has 3 aromatic rings. The predicted molar refractivity (Wildman–Crippen MR) is 112 cm³/mol. The molecule has 0 aliphatic carbocycles. The molecule has 1 heterocycles. The van der Waals surface area contributed by atoms with E-state index >= 15 is 0 Å². The number of methoxy groups -OCH3 is 5. The van der Waals surface area contributed by atoms with E-state index in [2.05, 4.69) is 23.8 Å². The zero-order valence-corrected chi connectivity index (χ0v) is 20.4. The smallest absolute Gasteiger partial charge is 0.204 e. The first-order valence-electron chi connectivity index (χ1n) is 9.46. The molecule has 0 N–H and O–H groups in total. The molecule has 7 heteroatoms. The summed E-state index contributed by atoms with van der Waals surface area (Å²) < 4.78 is 30.0. The summed E-state index contributed by atoms with van der Waals surface area (Å²) in [6, 6.07) is 10.0. The number of hydrogen-bond acceptors (Lipinski definition) is 5. The fourth-order valence-corrected chi connectivity index (χ4v) is 3.68. The van der Waals surface area contributed by atoms with Crippen LogP contribution in [0.2, 0.25) is 0 Å². The van der Waals surface area contributed by atoms with Crippen molar-refractivity contribution in [1.82, 2.24) is 0 Å². The Balaban J connectivity index is 0.00000320. The molecule has 0 atom stereocenters. The van der Waals surface area contributed by atoms with Crippen LogP contribution < -0.4 is 52.2 Å². The van der Waals surface area contributed by atoms with Gasteiger partial charge in [-0.05, 0) is 30.7 Å². The first kappa shape index (κ1) is 23.9. The quantitative estimate of drug-likeness (QED) is 0.322. The molecule has 0 radical (unpaired) electrons. The molecule has 0 aliphatic rings. The Morgan fingerprint density at radius 3 is 1.97 bits per heavy atom. The van der Waals surface area contributed by atoms with Crippen LogP contribution in [-0.2, 0) is 13.0 Å². The predicted octanol–water partition coefficient (Wildman–Crippen LogP) is 0.785. The fourth-order valence-electron chi connectivity index (χ4n) is 3.68. The van der Waals surface area contributed by atoms with Crippen molar-refractivity contribution in [2.45, 2.75) is 19.9 Å². The maximum atomic E-state index is 5.79. The van der Waals surface area contributed by atoms with E-state index in [1.54, 1.807) is 35.5 Å². The van der Waals surface area contributed by atoms with Crippen LogP contribution >= 0.6 is 0 Å². The number of nitrogens with zero attached hydrogens (tertiary/aromatic N) is 1. The highest BCUT2D eigenvalue weighted by Crippen LogP contribution is 2.44. The van der Waals surface area contributed by atoms with Crippen LogP contribution in [0, 0.1) is 0 Å². The number of fused-ring (bicyclic) bond motifs is 1. The van der Waals surface area contributed by atoms with Crippen molar-refractivity contribution in [3.8, 4) is 28.7 Å². The third kappa shape index (κ3) is 4.35. The van der Waals surface area contributed by atoms with Crippen molar-refractivity contribution in [2.24, 2.45) is 0 Å². The molecule has 1 aromatic heterocycles. The Morgan fingerprint density at radius 2 is 1.40 bits per heavy atom. The first-order chi connectivity index (χ1) is 14.1. The second kappa shape index (κ2) is 10.6. The molecule has 0 saturated carbocycles. The number of rotatable bonds is 8. The normalized spacial score (nSPS) is 10.3. The van der Waals surface area contributed by atoms with E-state index in [0.717, 1.165) is 28.6 Å². The van der Waals surface area contributed by atoms with Crippen molar-refractivity contribution in [2.75, 3.05) is 35.5 Å². The van der Waals surface area contributed by atoms with Crippen LogP contribution in [0.1, 0.15) is 18.2 Å². The molecule has 0 amide bonds. The summed E-state index contributed by atoms with van der Waals surface area (Å²) in [4.78, 5) is 0. The van der Waals surface area contributed by atoms with Gasteiger partial charge in [-0.1, -0.05) is 6.07 Å². The molecular weight excluding hydrogens is 497 g/mol. The van der Waals surface area contributed by atoms with Gasteiger partial charge >= 0.3 is 0 Å². The molecular formula is C23H28INO5. The van der Waals surface area contributed by atoms with Gasteiger partial charge in [0.15, 0.2) is 34.9 Å². The largest absolute Gasteiger partial charge is 1.00 e. The number of aryl methyl sites for hydroxylation is 1. The Kier molecular flexibility index (Phi) is 8.40. The second-order valence-electron chi connectivity index (χ2n) is 6.52. The molecule has 30 heavy (non-hydrogen) atoms. The lowest BCUT2D eigenvalue weighted by molar-refractivity contribution is -0.699. The van der Waals surface area contributed by atoms with Crippen molar-refractivity contribution in [1.29, 1.82) is 0 Å². The van der Waals surface area contributed by atoms with E-state index in [1.807, 2.05) is 24.3 Å². The summed E-state index contributed by atoms with van der Waals surface area (Å²) in [5, 5.41) is 2.03. The molecule has 162 valence electrons. The van der Waals surface area contributed by atoms with E-state index < -0.39 is 0 Å².